The first kappa shape index (κ1) is 12.2. The fourth-order valence-electron chi connectivity index (χ4n) is 0.719. The fourth-order valence-corrected chi connectivity index (χ4v) is 0.719. The van der Waals surface area contributed by atoms with Crippen LogP contribution in [0.15, 0.2) is 12.2 Å². The molecule has 0 heterocycles. The molecule has 0 spiro atoms. The summed E-state index contributed by atoms with van der Waals surface area (Å²) < 4.78 is 0. The fraction of sp³-hybridized carbons (Fsp3) is 0.700. The van der Waals surface area contributed by atoms with Crippen molar-refractivity contribution in [2.24, 2.45) is 0 Å². The van der Waals surface area contributed by atoms with Crippen LogP contribution < -0.4 is 5.32 Å². The molecule has 1 amide bonds. The van der Waals surface area contributed by atoms with E-state index < -0.39 is 5.60 Å². The number of hydrogen-bond acceptors (Lipinski definition) is 2. The van der Waals surface area contributed by atoms with Gasteiger partial charge in [0, 0.05) is 6.54 Å². The molecule has 2 N–H and O–H groups in total. The summed E-state index contributed by atoms with van der Waals surface area (Å²) in [6.45, 7) is 5.65. The molecule has 0 fully saturated rings. The molecule has 0 aliphatic heterocycles. The summed E-state index contributed by atoms with van der Waals surface area (Å²) in [7, 11) is 0. The second-order valence-electron chi connectivity index (χ2n) is 3.72. The van der Waals surface area contributed by atoms with Gasteiger partial charge in [0.15, 0.2) is 0 Å². The Morgan fingerprint density at radius 1 is 1.54 bits per heavy atom. The highest BCUT2D eigenvalue weighted by molar-refractivity contribution is 5.87. The molecule has 13 heavy (non-hydrogen) atoms. The third kappa shape index (κ3) is 9.08. The van der Waals surface area contributed by atoms with Gasteiger partial charge in [-0.15, -0.1) is 0 Å². The highest BCUT2D eigenvalue weighted by Gasteiger charge is 2.12. The van der Waals surface area contributed by atoms with E-state index >= 15 is 0 Å². The van der Waals surface area contributed by atoms with E-state index in [1.165, 1.54) is 6.08 Å². The Kier molecular flexibility index (Phi) is 5.39. The Labute approximate surface area is 79.8 Å². The first-order valence-corrected chi connectivity index (χ1v) is 4.62. The molecule has 0 aromatic rings. The lowest BCUT2D eigenvalue weighted by Crippen LogP contribution is -2.37. The average Bonchev–Trinajstić information content (AvgIpc) is 2.00. The van der Waals surface area contributed by atoms with Gasteiger partial charge in [-0.1, -0.05) is 19.4 Å². The minimum Gasteiger partial charge on any atom is -0.389 e. The largest absolute Gasteiger partial charge is 0.389 e. The molecule has 0 rings (SSSR count). The van der Waals surface area contributed by atoms with Crippen LogP contribution in [0.25, 0.3) is 0 Å². The summed E-state index contributed by atoms with van der Waals surface area (Å²) in [5, 5.41) is 11.9. The van der Waals surface area contributed by atoms with E-state index in [1.807, 2.05) is 6.08 Å². The first-order valence-electron chi connectivity index (χ1n) is 4.62. The molecule has 3 nitrogen and oxygen atoms in total. The molecule has 0 unspecified atom stereocenters. The van der Waals surface area contributed by atoms with Crippen molar-refractivity contribution in [2.75, 3.05) is 6.54 Å². The maximum Gasteiger partial charge on any atom is 0.243 e. The Morgan fingerprint density at radius 3 is 2.62 bits per heavy atom. The minimum atomic E-state index is -0.839. The van der Waals surface area contributed by atoms with E-state index in [-0.39, 0.29) is 12.5 Å². The molecule has 0 aliphatic carbocycles. The number of carbonyl (C=O) groups is 1. The number of amides is 1. The lowest BCUT2D eigenvalue weighted by molar-refractivity contribution is -0.117. The molecule has 0 atom stereocenters. The van der Waals surface area contributed by atoms with E-state index in [1.54, 1.807) is 13.8 Å². The molecule has 0 aromatic carbocycles. The summed E-state index contributed by atoms with van der Waals surface area (Å²) >= 11 is 0. The number of hydrogen-bond donors (Lipinski definition) is 2. The van der Waals surface area contributed by atoms with Gasteiger partial charge in [-0.2, -0.15) is 0 Å². The summed E-state index contributed by atoms with van der Waals surface area (Å²) in [6, 6.07) is 0. The van der Waals surface area contributed by atoms with Gasteiger partial charge in [-0.3, -0.25) is 4.79 Å². The zero-order valence-corrected chi connectivity index (χ0v) is 8.63. The smallest absolute Gasteiger partial charge is 0.243 e. The van der Waals surface area contributed by atoms with Crippen molar-refractivity contribution < 1.29 is 9.90 Å². The van der Waals surface area contributed by atoms with Crippen molar-refractivity contribution in [3.63, 3.8) is 0 Å². The predicted molar refractivity (Wildman–Crippen MR) is 53.4 cm³/mol. The van der Waals surface area contributed by atoms with Gasteiger partial charge in [0.2, 0.25) is 5.91 Å². The van der Waals surface area contributed by atoms with Gasteiger partial charge >= 0.3 is 0 Å². The zero-order valence-electron chi connectivity index (χ0n) is 8.63. The molecule has 0 aliphatic rings. The van der Waals surface area contributed by atoms with Crippen LogP contribution in [0.2, 0.25) is 0 Å². The van der Waals surface area contributed by atoms with E-state index in [2.05, 4.69) is 12.2 Å². The maximum absolute atomic E-state index is 11.1. The molecule has 0 saturated carbocycles. The van der Waals surface area contributed by atoms with Crippen LogP contribution in [0.4, 0.5) is 0 Å². The van der Waals surface area contributed by atoms with Crippen molar-refractivity contribution in [1.29, 1.82) is 0 Å². The van der Waals surface area contributed by atoms with Crippen molar-refractivity contribution >= 4 is 5.91 Å². The van der Waals surface area contributed by atoms with Gasteiger partial charge in [-0.05, 0) is 26.3 Å². The van der Waals surface area contributed by atoms with Crippen molar-refractivity contribution in [1.82, 2.24) is 5.32 Å². The normalized spacial score (nSPS) is 12.0. The molecule has 3 heteroatoms. The topological polar surface area (TPSA) is 49.3 Å². The van der Waals surface area contributed by atoms with Gasteiger partial charge < -0.3 is 10.4 Å². The Bertz CT molecular complexity index is 180. The molecule has 0 radical (unpaired) electrons. The second-order valence-corrected chi connectivity index (χ2v) is 3.72. The number of rotatable bonds is 5. The summed E-state index contributed by atoms with van der Waals surface area (Å²) in [4.78, 5) is 11.1. The number of aliphatic hydroxyl groups is 1. The average molecular weight is 185 g/mol. The van der Waals surface area contributed by atoms with Crippen LogP contribution in [-0.4, -0.2) is 23.2 Å². The monoisotopic (exact) mass is 185 g/mol. The van der Waals surface area contributed by atoms with Crippen LogP contribution in [0, 0.1) is 0 Å². The van der Waals surface area contributed by atoms with Gasteiger partial charge in [0.05, 0.1) is 5.60 Å². The standard InChI is InChI=1S/C10H19NO2/c1-4-5-6-7-9(12)11-8-10(2,3)13/h6-7,13H,4-5,8H2,1-3H3,(H,11,12)/b7-6+. The molecule has 76 valence electrons. The van der Waals surface area contributed by atoms with Crippen LogP contribution in [0.3, 0.4) is 0 Å². The Balaban J connectivity index is 3.64. The zero-order chi connectivity index (χ0) is 10.3. The van der Waals surface area contributed by atoms with E-state index in [9.17, 15) is 9.90 Å². The lowest BCUT2D eigenvalue weighted by atomic mass is 10.1. The second kappa shape index (κ2) is 5.75. The maximum atomic E-state index is 11.1. The summed E-state index contributed by atoms with van der Waals surface area (Å²) in [5.41, 5.74) is -0.839. The number of nitrogens with one attached hydrogen (secondary N) is 1. The van der Waals surface area contributed by atoms with Gasteiger partial charge in [0.25, 0.3) is 0 Å². The SMILES string of the molecule is CCC/C=C/C(=O)NCC(C)(C)O. The Hall–Kier alpha value is -0.830. The van der Waals surface area contributed by atoms with E-state index in [4.69, 9.17) is 0 Å². The summed E-state index contributed by atoms with van der Waals surface area (Å²) in [6.07, 6.45) is 5.29. The van der Waals surface area contributed by atoms with Crippen LogP contribution in [0.5, 0.6) is 0 Å². The van der Waals surface area contributed by atoms with Crippen molar-refractivity contribution in [3.8, 4) is 0 Å². The Morgan fingerprint density at radius 2 is 2.15 bits per heavy atom. The van der Waals surface area contributed by atoms with E-state index in [0.29, 0.717) is 0 Å². The van der Waals surface area contributed by atoms with E-state index in [0.717, 1.165) is 12.8 Å². The minimum absolute atomic E-state index is 0.143. The van der Waals surface area contributed by atoms with Crippen molar-refractivity contribution in [3.05, 3.63) is 12.2 Å². The molecule has 0 aromatic heterocycles. The predicted octanol–water partition coefficient (Wildman–Crippen LogP) is 1.23. The summed E-state index contributed by atoms with van der Waals surface area (Å²) in [5.74, 6) is -0.143. The van der Waals surface area contributed by atoms with Crippen molar-refractivity contribution in [2.45, 2.75) is 39.2 Å². The first-order chi connectivity index (χ1) is 5.95. The third-order valence-electron chi connectivity index (χ3n) is 1.42. The quantitative estimate of drug-likeness (QED) is 0.633. The van der Waals surface area contributed by atoms with Gasteiger partial charge in [-0.25, -0.2) is 0 Å². The molecule has 0 bridgehead atoms. The number of carbonyl (C=O) groups excluding carboxylic acids is 1. The molecular weight excluding hydrogens is 166 g/mol. The number of unbranched alkanes of at least 4 members (excludes halogenated alkanes) is 1. The molecular formula is C10H19NO2. The van der Waals surface area contributed by atoms with Crippen LogP contribution >= 0.6 is 0 Å². The third-order valence-corrected chi connectivity index (χ3v) is 1.42. The highest BCUT2D eigenvalue weighted by Crippen LogP contribution is 1.97. The van der Waals surface area contributed by atoms with Crippen LogP contribution in [-0.2, 0) is 4.79 Å². The molecule has 0 saturated heterocycles. The highest BCUT2D eigenvalue weighted by atomic mass is 16.3. The van der Waals surface area contributed by atoms with Crippen LogP contribution in [0.1, 0.15) is 33.6 Å². The number of allylic oxidation sites excluding steroid dienone is 1. The van der Waals surface area contributed by atoms with Gasteiger partial charge in [0.1, 0.15) is 0 Å². The lowest BCUT2D eigenvalue weighted by Gasteiger charge is -2.16.